The van der Waals surface area contributed by atoms with Gasteiger partial charge in [0, 0.05) is 55.4 Å². The maximum atomic E-state index is 13.6. The fourth-order valence-corrected chi connectivity index (χ4v) is 5.28. The monoisotopic (exact) mass is 580 g/mol. The lowest BCUT2D eigenvalue weighted by Crippen LogP contribution is -2.42. The zero-order valence-electron chi connectivity index (χ0n) is 24.1. The van der Waals surface area contributed by atoms with Crippen LogP contribution in [0.4, 0.5) is 15.9 Å². The van der Waals surface area contributed by atoms with Crippen molar-refractivity contribution in [2.75, 3.05) is 24.2 Å². The van der Waals surface area contributed by atoms with Crippen LogP contribution in [0.3, 0.4) is 0 Å². The number of pyridine rings is 1. The molecule has 0 saturated heterocycles. The Morgan fingerprint density at radius 3 is 2.58 bits per heavy atom. The van der Waals surface area contributed by atoms with Gasteiger partial charge in [0.1, 0.15) is 23.0 Å². The molecule has 0 unspecified atom stereocenters. The number of carbonyl (C=O) groups excluding carboxylic acids is 1. The minimum absolute atomic E-state index is 0.164. The smallest absolute Gasteiger partial charge is 0.335 e. The maximum absolute atomic E-state index is 13.6. The third kappa shape index (κ3) is 4.90. The Balaban J connectivity index is 1.43. The second-order valence-corrected chi connectivity index (χ2v) is 10.6. The van der Waals surface area contributed by atoms with Crippen molar-refractivity contribution in [1.82, 2.24) is 23.7 Å². The van der Waals surface area contributed by atoms with E-state index in [9.17, 15) is 18.8 Å². The van der Waals surface area contributed by atoms with Crippen LogP contribution in [0.2, 0.25) is 0 Å². The molecule has 1 aromatic heterocycles. The summed E-state index contributed by atoms with van der Waals surface area (Å²) >= 11 is 0. The molecule has 4 heterocycles. The van der Waals surface area contributed by atoms with Gasteiger partial charge in [-0.05, 0) is 74.4 Å². The normalized spacial score (nSPS) is 12.9. The Morgan fingerprint density at radius 1 is 1.09 bits per heavy atom. The summed E-state index contributed by atoms with van der Waals surface area (Å²) in [5.74, 6) is 0.486. The average Bonchev–Trinajstić information content (AvgIpc) is 3.49. The van der Waals surface area contributed by atoms with Gasteiger partial charge in [0.15, 0.2) is 0 Å². The number of rotatable bonds is 5. The Morgan fingerprint density at radius 2 is 1.86 bits per heavy atom. The molecule has 218 valence electrons. The molecule has 2 aromatic carbocycles. The van der Waals surface area contributed by atoms with Crippen LogP contribution in [0.25, 0.3) is 28.2 Å². The van der Waals surface area contributed by atoms with Gasteiger partial charge in [-0.1, -0.05) is 6.07 Å². The Kier molecular flexibility index (Phi) is 6.96. The highest BCUT2D eigenvalue weighted by Gasteiger charge is 2.24. The Labute approximate surface area is 245 Å². The molecule has 43 heavy (non-hydrogen) atoms. The number of aromatic nitrogens is 5. The number of halogens is 1. The van der Waals surface area contributed by atoms with Gasteiger partial charge in [-0.3, -0.25) is 19.1 Å². The highest BCUT2D eigenvalue weighted by atomic mass is 19.1. The van der Waals surface area contributed by atoms with Gasteiger partial charge in [-0.15, -0.1) is 0 Å². The van der Waals surface area contributed by atoms with Crippen LogP contribution in [-0.4, -0.2) is 43.2 Å². The number of anilines is 2. The summed E-state index contributed by atoms with van der Waals surface area (Å²) in [4.78, 5) is 53.3. The van der Waals surface area contributed by atoms with E-state index in [2.05, 4.69) is 30.2 Å². The molecule has 1 amide bonds. The van der Waals surface area contributed by atoms with Crippen molar-refractivity contribution in [3.63, 3.8) is 0 Å². The predicted octanol–water partition coefficient (Wildman–Crippen LogP) is 3.60. The summed E-state index contributed by atoms with van der Waals surface area (Å²) in [7, 11) is 1.65. The molecule has 0 saturated carbocycles. The summed E-state index contributed by atoms with van der Waals surface area (Å²) in [5.41, 5.74) is 2.99. The van der Waals surface area contributed by atoms with Crippen LogP contribution in [0, 0.1) is 12.7 Å². The first-order valence-corrected chi connectivity index (χ1v) is 13.8. The third-order valence-corrected chi connectivity index (χ3v) is 7.48. The lowest BCUT2D eigenvalue weighted by Gasteiger charge is -2.19. The van der Waals surface area contributed by atoms with Crippen LogP contribution in [0.15, 0.2) is 75.5 Å². The number of hydrogen-bond donors (Lipinski definition) is 2. The van der Waals surface area contributed by atoms with Crippen LogP contribution >= 0.6 is 0 Å². The van der Waals surface area contributed by atoms with Gasteiger partial charge in [0.2, 0.25) is 5.62 Å². The van der Waals surface area contributed by atoms with E-state index in [1.54, 1.807) is 33.2 Å². The highest BCUT2D eigenvalue weighted by Crippen LogP contribution is 2.38. The van der Waals surface area contributed by atoms with Crippen molar-refractivity contribution in [2.24, 2.45) is 4.99 Å². The first-order chi connectivity index (χ1) is 20.7. The number of hydrogen-bond acceptors (Lipinski definition) is 7. The summed E-state index contributed by atoms with van der Waals surface area (Å²) in [6.45, 7) is 6.97. The minimum atomic E-state index is -0.801. The average molecular weight is 581 g/mol. The molecule has 11 nitrogen and oxygen atoms in total. The van der Waals surface area contributed by atoms with Gasteiger partial charge in [0.25, 0.3) is 11.5 Å². The molecular weight excluding hydrogens is 551 g/mol. The number of amides is 1. The first kappa shape index (κ1) is 27.8. The zero-order valence-corrected chi connectivity index (χ0v) is 24.1. The van der Waals surface area contributed by atoms with Gasteiger partial charge in [-0.25, -0.2) is 18.7 Å². The molecule has 6 rings (SSSR count). The van der Waals surface area contributed by atoms with E-state index in [0.29, 0.717) is 11.3 Å². The van der Waals surface area contributed by atoms with Gasteiger partial charge >= 0.3 is 5.69 Å². The van der Waals surface area contributed by atoms with E-state index in [-0.39, 0.29) is 17.3 Å². The molecule has 0 spiro atoms. The van der Waals surface area contributed by atoms with E-state index in [1.807, 2.05) is 25.1 Å². The molecule has 12 heteroatoms. The van der Waals surface area contributed by atoms with Crippen molar-refractivity contribution in [3.8, 4) is 28.2 Å². The van der Waals surface area contributed by atoms with Crippen LogP contribution < -0.4 is 27.5 Å². The Bertz CT molecular complexity index is 2060. The second kappa shape index (κ2) is 10.8. The lowest BCUT2D eigenvalue weighted by atomic mass is 9.98. The van der Waals surface area contributed by atoms with Gasteiger partial charge in [-0.2, -0.15) is 4.98 Å². The maximum Gasteiger partial charge on any atom is 0.335 e. The number of nitrogens with zero attached hydrogens (tertiary/aromatic N) is 6. The van der Waals surface area contributed by atoms with E-state index in [0.717, 1.165) is 63.7 Å². The number of aryl methyl sites for hydroxylation is 1. The zero-order chi connectivity index (χ0) is 30.4. The molecule has 0 bridgehead atoms. The quantitative estimate of drug-likeness (QED) is 0.327. The van der Waals surface area contributed by atoms with Crippen LogP contribution in [-0.2, 0) is 6.54 Å². The first-order valence-electron chi connectivity index (χ1n) is 13.8. The van der Waals surface area contributed by atoms with E-state index >= 15 is 0 Å². The lowest BCUT2D eigenvalue weighted by molar-refractivity contribution is 0.102. The van der Waals surface area contributed by atoms with E-state index in [4.69, 9.17) is 0 Å². The van der Waals surface area contributed by atoms with Crippen molar-refractivity contribution < 1.29 is 9.18 Å². The molecule has 3 aliphatic rings. The van der Waals surface area contributed by atoms with Crippen LogP contribution in [0.1, 0.15) is 35.8 Å². The SMILES string of the molecule is CN=c1ncc2cc(-c3cc(NC(=O)c4cn(C(C)C)c(=O)n(-c5ccc(F)cc5)c4=O)ccc3C)c3n(c-2n1)CCN3. The molecular formula is C31H29FN8O3. The molecule has 0 aliphatic carbocycles. The fourth-order valence-electron chi connectivity index (χ4n) is 5.28. The highest BCUT2D eigenvalue weighted by molar-refractivity contribution is 6.04. The molecule has 0 fully saturated rings. The minimum Gasteiger partial charge on any atom is -0.369 e. The molecule has 3 aliphatic heterocycles. The number of fused-ring (bicyclic) bond motifs is 3. The van der Waals surface area contributed by atoms with E-state index in [1.165, 1.54) is 22.9 Å². The summed E-state index contributed by atoms with van der Waals surface area (Å²) in [6, 6.07) is 12.1. The summed E-state index contributed by atoms with van der Waals surface area (Å²) in [6.07, 6.45) is 3.02. The number of carbonyl (C=O) groups is 1. The second-order valence-electron chi connectivity index (χ2n) is 10.6. The molecule has 0 atom stereocenters. The van der Waals surface area contributed by atoms with Gasteiger partial charge in [0.05, 0.1) is 5.69 Å². The Hall–Kier alpha value is -5.39. The largest absolute Gasteiger partial charge is 0.369 e. The van der Waals surface area contributed by atoms with Crippen molar-refractivity contribution in [3.05, 3.63) is 104 Å². The summed E-state index contributed by atoms with van der Waals surface area (Å²) in [5, 5.41) is 6.29. The molecule has 2 N–H and O–H groups in total. The standard InChI is InChI=1S/C31H29FN8O3/c1-17(2)39-16-25(29(42)40(31(39)43)22-9-6-20(32)7-10-22)28(41)36-21-8-5-18(3)23(14-21)24-13-19-15-35-30(33-4)37-26(19)38-12-11-34-27(24)38/h5-10,13-17,34H,11-12H2,1-4H3,(H,36,41). The third-order valence-electron chi connectivity index (χ3n) is 7.48. The predicted molar refractivity (Wildman–Crippen MR) is 161 cm³/mol. The molecule has 0 radical (unpaired) electrons. The van der Waals surface area contributed by atoms with Gasteiger partial charge < -0.3 is 15.2 Å². The van der Waals surface area contributed by atoms with E-state index < -0.39 is 23.0 Å². The summed E-state index contributed by atoms with van der Waals surface area (Å²) < 4.78 is 17.9. The van der Waals surface area contributed by atoms with Crippen molar-refractivity contribution in [1.29, 1.82) is 0 Å². The fraction of sp³-hybridized carbons (Fsp3) is 0.226. The van der Waals surface area contributed by atoms with Crippen molar-refractivity contribution in [2.45, 2.75) is 33.4 Å². The van der Waals surface area contributed by atoms with Crippen LogP contribution in [0.5, 0.6) is 0 Å². The number of benzene rings is 2. The van der Waals surface area contributed by atoms with Crippen molar-refractivity contribution >= 4 is 17.4 Å². The number of nitrogens with one attached hydrogen (secondary N) is 2. The molecule has 3 aromatic rings. The topological polar surface area (TPSA) is 128 Å².